The fourth-order valence-electron chi connectivity index (χ4n) is 4.27. The molecule has 3 aromatic rings. The van der Waals surface area contributed by atoms with Crippen LogP contribution in [0.25, 0.3) is 10.9 Å². The Morgan fingerprint density at radius 3 is 2.93 bits per heavy atom. The van der Waals surface area contributed by atoms with E-state index in [-0.39, 0.29) is 11.7 Å². The smallest absolute Gasteiger partial charge is 0.224 e. The highest BCUT2D eigenvalue weighted by Gasteiger charge is 2.21. The van der Waals surface area contributed by atoms with Crippen molar-refractivity contribution in [3.8, 4) is 0 Å². The zero-order chi connectivity index (χ0) is 20.9. The minimum Gasteiger partial charge on any atom is -0.326 e. The average Bonchev–Trinajstić information content (AvgIpc) is 2.74. The first-order chi connectivity index (χ1) is 14.6. The van der Waals surface area contributed by atoms with E-state index in [1.807, 2.05) is 12.1 Å². The zero-order valence-electron chi connectivity index (χ0n) is 17.4. The summed E-state index contributed by atoms with van der Waals surface area (Å²) < 4.78 is 13.2. The number of rotatable bonds is 6. The molecule has 1 unspecified atom stereocenters. The third kappa shape index (κ3) is 5.22. The maximum Gasteiger partial charge on any atom is 0.224 e. The molecule has 1 saturated heterocycles. The van der Waals surface area contributed by atoms with Crippen LogP contribution >= 0.6 is 0 Å². The quantitative estimate of drug-likeness (QED) is 0.604. The molecule has 1 fully saturated rings. The molecule has 1 aromatic heterocycles. The summed E-state index contributed by atoms with van der Waals surface area (Å²) in [6.07, 6.45) is 3.67. The molecule has 30 heavy (non-hydrogen) atoms. The molecular formula is C25H28FN3O. The first-order valence-electron chi connectivity index (χ1n) is 10.7. The highest BCUT2D eigenvalue weighted by molar-refractivity contribution is 5.91. The van der Waals surface area contributed by atoms with Crippen molar-refractivity contribution in [1.29, 1.82) is 0 Å². The normalized spacial score (nSPS) is 17.2. The Balaban J connectivity index is 1.28. The number of anilines is 1. The van der Waals surface area contributed by atoms with E-state index in [1.165, 1.54) is 17.5 Å². The number of halogens is 1. The van der Waals surface area contributed by atoms with Crippen molar-refractivity contribution in [2.75, 3.05) is 18.4 Å². The number of fused-ring (bicyclic) bond motifs is 1. The Morgan fingerprint density at radius 1 is 1.20 bits per heavy atom. The number of benzene rings is 2. The van der Waals surface area contributed by atoms with Gasteiger partial charge in [-0.1, -0.05) is 24.3 Å². The second kappa shape index (κ2) is 9.35. The predicted octanol–water partition coefficient (Wildman–Crippen LogP) is 5.31. The molecule has 1 N–H and O–H groups in total. The molecule has 1 aliphatic heterocycles. The number of nitrogens with one attached hydrogen (secondary N) is 1. The maximum absolute atomic E-state index is 13.2. The number of piperidine rings is 1. The van der Waals surface area contributed by atoms with Gasteiger partial charge in [0.15, 0.2) is 0 Å². The molecule has 0 bridgehead atoms. The van der Waals surface area contributed by atoms with Crippen LogP contribution in [0.4, 0.5) is 10.1 Å². The summed E-state index contributed by atoms with van der Waals surface area (Å²) >= 11 is 0. The summed E-state index contributed by atoms with van der Waals surface area (Å²) in [4.78, 5) is 19.6. The fraction of sp³-hybridized carbons (Fsp3) is 0.360. The molecule has 0 spiro atoms. The van der Waals surface area contributed by atoms with Crippen LogP contribution in [0.15, 0.2) is 54.6 Å². The molecule has 2 aromatic carbocycles. The standard InChI is InChI=1S/C25H28FN3O/c1-18-15-21(26)10-12-23(18)28-25(30)13-8-19-5-4-14-29(16-19)17-22-11-9-20-6-2-3-7-24(20)27-22/h2-3,6-7,9-12,15,19H,4-5,8,13-14,16-17H2,1H3,(H,28,30). The summed E-state index contributed by atoms with van der Waals surface area (Å²) in [6, 6.07) is 16.9. The molecule has 0 aliphatic carbocycles. The first-order valence-corrected chi connectivity index (χ1v) is 10.7. The number of aryl methyl sites for hydroxylation is 1. The Bertz CT molecular complexity index is 1040. The van der Waals surface area contributed by atoms with Crippen LogP contribution < -0.4 is 5.32 Å². The van der Waals surface area contributed by atoms with Crippen molar-refractivity contribution in [1.82, 2.24) is 9.88 Å². The maximum atomic E-state index is 13.2. The number of pyridine rings is 1. The molecule has 2 heterocycles. The minimum absolute atomic E-state index is 0.00183. The van der Waals surface area contributed by atoms with Crippen molar-refractivity contribution in [2.24, 2.45) is 5.92 Å². The van der Waals surface area contributed by atoms with Crippen molar-refractivity contribution in [2.45, 2.75) is 39.2 Å². The minimum atomic E-state index is -0.284. The number of hydrogen-bond acceptors (Lipinski definition) is 3. The van der Waals surface area contributed by atoms with Crippen molar-refractivity contribution >= 4 is 22.5 Å². The Kier molecular flexibility index (Phi) is 6.38. The molecule has 1 atom stereocenters. The van der Waals surface area contributed by atoms with Gasteiger partial charge in [0.2, 0.25) is 5.91 Å². The van der Waals surface area contributed by atoms with Crippen molar-refractivity contribution < 1.29 is 9.18 Å². The molecule has 156 valence electrons. The number of likely N-dealkylation sites (tertiary alicyclic amines) is 1. The lowest BCUT2D eigenvalue weighted by molar-refractivity contribution is -0.116. The number of aromatic nitrogens is 1. The third-order valence-electron chi connectivity index (χ3n) is 5.89. The summed E-state index contributed by atoms with van der Waals surface area (Å²) in [5.74, 6) is 0.228. The molecule has 4 rings (SSSR count). The first kappa shape index (κ1) is 20.5. The van der Waals surface area contributed by atoms with Gasteiger partial charge in [0.25, 0.3) is 0 Å². The van der Waals surface area contributed by atoms with Crippen LogP contribution in [0, 0.1) is 18.7 Å². The van der Waals surface area contributed by atoms with Crippen LogP contribution in [-0.4, -0.2) is 28.9 Å². The Labute approximate surface area is 177 Å². The predicted molar refractivity (Wildman–Crippen MR) is 119 cm³/mol. The summed E-state index contributed by atoms with van der Waals surface area (Å²) in [5, 5.41) is 4.08. The number of hydrogen-bond donors (Lipinski definition) is 1. The number of para-hydroxylation sites is 1. The average molecular weight is 406 g/mol. The van der Waals surface area contributed by atoms with Gasteiger partial charge in [-0.2, -0.15) is 0 Å². The molecule has 5 heteroatoms. The van der Waals surface area contributed by atoms with Crippen LogP contribution in [-0.2, 0) is 11.3 Å². The monoisotopic (exact) mass is 405 g/mol. The van der Waals surface area contributed by atoms with E-state index >= 15 is 0 Å². The molecule has 0 saturated carbocycles. The SMILES string of the molecule is Cc1cc(F)ccc1NC(=O)CCC1CCCN(Cc2ccc3ccccc3n2)C1. The third-order valence-corrected chi connectivity index (χ3v) is 5.89. The van der Waals surface area contributed by atoms with Gasteiger partial charge in [-0.3, -0.25) is 14.7 Å². The van der Waals surface area contributed by atoms with E-state index in [4.69, 9.17) is 4.98 Å². The van der Waals surface area contributed by atoms with E-state index in [9.17, 15) is 9.18 Å². The highest BCUT2D eigenvalue weighted by atomic mass is 19.1. The molecule has 1 amide bonds. The van der Waals surface area contributed by atoms with Crippen LogP contribution in [0.5, 0.6) is 0 Å². The van der Waals surface area contributed by atoms with Crippen molar-refractivity contribution in [3.05, 3.63) is 71.7 Å². The number of amides is 1. The lowest BCUT2D eigenvalue weighted by atomic mass is 9.93. The van der Waals surface area contributed by atoms with E-state index in [1.54, 1.807) is 13.0 Å². The molecule has 1 aliphatic rings. The van der Waals surface area contributed by atoms with E-state index in [0.717, 1.165) is 55.7 Å². The van der Waals surface area contributed by atoms with E-state index in [0.29, 0.717) is 18.0 Å². The lowest BCUT2D eigenvalue weighted by Crippen LogP contribution is -2.35. The van der Waals surface area contributed by atoms with E-state index in [2.05, 4.69) is 34.5 Å². The van der Waals surface area contributed by atoms with Crippen molar-refractivity contribution in [3.63, 3.8) is 0 Å². The van der Waals surface area contributed by atoms with Gasteiger partial charge in [0.05, 0.1) is 11.2 Å². The second-order valence-corrected chi connectivity index (χ2v) is 8.28. The number of carbonyl (C=O) groups excluding carboxylic acids is 1. The van der Waals surface area contributed by atoms with E-state index < -0.39 is 0 Å². The second-order valence-electron chi connectivity index (χ2n) is 8.28. The van der Waals surface area contributed by atoms with Gasteiger partial charge >= 0.3 is 0 Å². The molecule has 0 radical (unpaired) electrons. The summed E-state index contributed by atoms with van der Waals surface area (Å²) in [5.41, 5.74) is 3.57. The van der Waals surface area contributed by atoms with Gasteiger partial charge in [0.1, 0.15) is 5.82 Å². The number of nitrogens with zero attached hydrogens (tertiary/aromatic N) is 2. The van der Waals surface area contributed by atoms with Crippen LogP contribution in [0.2, 0.25) is 0 Å². The molecule has 4 nitrogen and oxygen atoms in total. The largest absolute Gasteiger partial charge is 0.326 e. The van der Waals surface area contributed by atoms with Gasteiger partial charge in [-0.05, 0) is 74.5 Å². The Hall–Kier alpha value is -2.79. The molecular weight excluding hydrogens is 377 g/mol. The van der Waals surface area contributed by atoms with Crippen LogP contribution in [0.1, 0.15) is 36.9 Å². The topological polar surface area (TPSA) is 45.2 Å². The van der Waals surface area contributed by atoms with Gasteiger partial charge in [-0.25, -0.2) is 4.39 Å². The summed E-state index contributed by atoms with van der Waals surface area (Å²) in [6.45, 7) is 4.73. The number of carbonyl (C=O) groups is 1. The Morgan fingerprint density at radius 2 is 2.07 bits per heavy atom. The van der Waals surface area contributed by atoms with Crippen LogP contribution in [0.3, 0.4) is 0 Å². The zero-order valence-corrected chi connectivity index (χ0v) is 17.4. The lowest BCUT2D eigenvalue weighted by Gasteiger charge is -2.32. The fourth-order valence-corrected chi connectivity index (χ4v) is 4.27. The summed E-state index contributed by atoms with van der Waals surface area (Å²) in [7, 11) is 0. The van der Waals surface area contributed by atoms with Gasteiger partial charge in [-0.15, -0.1) is 0 Å². The highest BCUT2D eigenvalue weighted by Crippen LogP contribution is 2.23. The van der Waals surface area contributed by atoms with Gasteiger partial charge in [0, 0.05) is 30.6 Å². The van der Waals surface area contributed by atoms with Gasteiger partial charge < -0.3 is 5.32 Å².